The first kappa shape index (κ1) is 26.0. The topological polar surface area (TPSA) is 53.1 Å². The second kappa shape index (κ2) is 11.0. The minimum atomic E-state index is -0.137. The largest absolute Gasteiger partial charge is 0.497 e. The molecule has 0 spiro atoms. The molecule has 5 rings (SSSR count). The van der Waals surface area contributed by atoms with Crippen molar-refractivity contribution in [3.8, 4) is 5.75 Å². The van der Waals surface area contributed by atoms with E-state index in [9.17, 15) is 9.59 Å². The summed E-state index contributed by atoms with van der Waals surface area (Å²) in [4.78, 5) is 34.0. The Morgan fingerprint density at radius 1 is 1.05 bits per heavy atom. The Morgan fingerprint density at radius 2 is 1.84 bits per heavy atom. The van der Waals surface area contributed by atoms with E-state index in [4.69, 9.17) is 27.9 Å². The van der Waals surface area contributed by atoms with Crippen LogP contribution in [0.15, 0.2) is 53.9 Å². The molecule has 3 heterocycles. The van der Waals surface area contributed by atoms with Crippen LogP contribution in [-0.2, 0) is 11.2 Å². The average Bonchev–Trinajstić information content (AvgIpc) is 3.37. The molecule has 9 heteroatoms. The molecule has 37 heavy (non-hydrogen) atoms. The summed E-state index contributed by atoms with van der Waals surface area (Å²) >= 11 is 14.1. The number of amides is 2. The fourth-order valence-electron chi connectivity index (χ4n) is 5.29. The van der Waals surface area contributed by atoms with Gasteiger partial charge in [-0.2, -0.15) is 0 Å². The van der Waals surface area contributed by atoms with Crippen LogP contribution in [0.4, 0.5) is 0 Å². The molecular weight excluding hydrogens is 529 g/mol. The second-order valence-electron chi connectivity index (χ2n) is 9.51. The monoisotopic (exact) mass is 557 g/mol. The predicted molar refractivity (Wildman–Crippen MR) is 148 cm³/mol. The van der Waals surface area contributed by atoms with Gasteiger partial charge in [0.2, 0.25) is 5.91 Å². The molecule has 2 aliphatic heterocycles. The normalized spacial score (nSPS) is 20.0. The van der Waals surface area contributed by atoms with E-state index in [-0.39, 0.29) is 23.9 Å². The minimum absolute atomic E-state index is 0.0252. The van der Waals surface area contributed by atoms with Crippen molar-refractivity contribution in [2.75, 3.05) is 39.8 Å². The van der Waals surface area contributed by atoms with Gasteiger partial charge in [0, 0.05) is 42.1 Å². The number of thiophene rings is 1. The lowest BCUT2D eigenvalue weighted by Gasteiger charge is -2.42. The number of benzene rings is 2. The Hall–Kier alpha value is -2.58. The fraction of sp³-hybridized carbons (Fsp3) is 0.357. The molecular formula is C28H29Cl2N3O3S. The van der Waals surface area contributed by atoms with Crippen LogP contribution in [0.2, 0.25) is 10.0 Å². The van der Waals surface area contributed by atoms with Crippen molar-refractivity contribution < 1.29 is 14.3 Å². The smallest absolute Gasteiger partial charge is 0.255 e. The number of fused-ring (bicyclic) bond motifs is 1. The van der Waals surface area contributed by atoms with Gasteiger partial charge < -0.3 is 14.5 Å². The number of rotatable bonds is 5. The van der Waals surface area contributed by atoms with Crippen molar-refractivity contribution in [3.63, 3.8) is 0 Å². The third-order valence-electron chi connectivity index (χ3n) is 7.24. The third-order valence-corrected chi connectivity index (χ3v) is 8.78. The maximum absolute atomic E-state index is 13.5. The van der Waals surface area contributed by atoms with Gasteiger partial charge in [0.25, 0.3) is 5.91 Å². The molecule has 2 aliphatic rings. The summed E-state index contributed by atoms with van der Waals surface area (Å²) in [6.45, 7) is 4.56. The molecule has 0 saturated carbocycles. The maximum atomic E-state index is 13.5. The lowest BCUT2D eigenvalue weighted by molar-refractivity contribution is -0.135. The average molecular weight is 559 g/mol. The van der Waals surface area contributed by atoms with E-state index in [1.165, 1.54) is 10.4 Å². The minimum Gasteiger partial charge on any atom is -0.497 e. The molecule has 0 N–H and O–H groups in total. The summed E-state index contributed by atoms with van der Waals surface area (Å²) in [5, 5.41) is 2.97. The van der Waals surface area contributed by atoms with Gasteiger partial charge in [-0.3, -0.25) is 14.5 Å². The van der Waals surface area contributed by atoms with Gasteiger partial charge >= 0.3 is 0 Å². The van der Waals surface area contributed by atoms with Gasteiger partial charge in [-0.05, 0) is 66.2 Å². The molecule has 2 aromatic carbocycles. The molecule has 1 fully saturated rings. The molecule has 6 nitrogen and oxygen atoms in total. The highest BCUT2D eigenvalue weighted by Gasteiger charge is 2.35. The lowest BCUT2D eigenvalue weighted by Crippen LogP contribution is -2.57. The molecule has 194 valence electrons. The van der Waals surface area contributed by atoms with Crippen LogP contribution in [0.25, 0.3) is 0 Å². The summed E-state index contributed by atoms with van der Waals surface area (Å²) in [5.41, 5.74) is 2.86. The summed E-state index contributed by atoms with van der Waals surface area (Å²) < 4.78 is 5.34. The summed E-state index contributed by atoms with van der Waals surface area (Å²) in [6.07, 6.45) is 0.938. The number of ether oxygens (including phenoxy) is 1. The van der Waals surface area contributed by atoms with Gasteiger partial charge in [-0.25, -0.2) is 0 Å². The van der Waals surface area contributed by atoms with Crippen LogP contribution in [0.1, 0.15) is 39.3 Å². The zero-order valence-corrected chi connectivity index (χ0v) is 23.2. The fourth-order valence-corrected chi connectivity index (χ4v) is 6.69. The molecule has 0 unspecified atom stereocenters. The molecule has 2 amide bonds. The van der Waals surface area contributed by atoms with E-state index in [1.54, 1.807) is 41.5 Å². The van der Waals surface area contributed by atoms with Crippen molar-refractivity contribution in [3.05, 3.63) is 85.5 Å². The van der Waals surface area contributed by atoms with Gasteiger partial charge in [0.05, 0.1) is 30.3 Å². The Kier molecular flexibility index (Phi) is 7.77. The van der Waals surface area contributed by atoms with Crippen LogP contribution >= 0.6 is 34.5 Å². The van der Waals surface area contributed by atoms with Crippen molar-refractivity contribution >= 4 is 46.4 Å². The summed E-state index contributed by atoms with van der Waals surface area (Å²) in [5.74, 6) is 0.761. The standard InChI is InChI=1S/C28H29Cl2N3O3S/c1-18-16-31(12-13-33(18)28(35)22-8-5-20(29)15-24(22)30)26(34)17-32-11-9-25-23(10-14-37-25)27(32)19-3-6-21(36-2)7-4-19/h3-8,10,14-15,18,27H,9,11-13,16-17H2,1-2H3/t18-,27+/m0/s1. The summed E-state index contributed by atoms with van der Waals surface area (Å²) in [7, 11) is 1.66. The first-order valence-electron chi connectivity index (χ1n) is 12.3. The molecule has 2 atom stereocenters. The Balaban J connectivity index is 1.28. The Morgan fingerprint density at radius 3 is 2.54 bits per heavy atom. The zero-order chi connectivity index (χ0) is 26.1. The highest BCUT2D eigenvalue weighted by atomic mass is 35.5. The third kappa shape index (κ3) is 5.36. The summed E-state index contributed by atoms with van der Waals surface area (Å²) in [6, 6.07) is 15.1. The molecule has 3 aromatic rings. The first-order chi connectivity index (χ1) is 17.9. The van der Waals surface area contributed by atoms with Crippen LogP contribution in [-0.4, -0.2) is 72.4 Å². The zero-order valence-electron chi connectivity index (χ0n) is 20.8. The number of carbonyl (C=O) groups is 2. The molecule has 0 bridgehead atoms. The quantitative estimate of drug-likeness (QED) is 0.422. The van der Waals surface area contributed by atoms with Crippen LogP contribution in [0.3, 0.4) is 0 Å². The van der Waals surface area contributed by atoms with Crippen molar-refractivity contribution in [2.45, 2.75) is 25.4 Å². The van der Waals surface area contributed by atoms with Gasteiger partial charge in [0.15, 0.2) is 0 Å². The van der Waals surface area contributed by atoms with Gasteiger partial charge in [-0.1, -0.05) is 35.3 Å². The number of hydrogen-bond acceptors (Lipinski definition) is 5. The molecule has 1 aromatic heterocycles. The van der Waals surface area contributed by atoms with E-state index in [2.05, 4.69) is 28.5 Å². The van der Waals surface area contributed by atoms with Crippen molar-refractivity contribution in [2.24, 2.45) is 0 Å². The van der Waals surface area contributed by atoms with Gasteiger partial charge in [-0.15, -0.1) is 11.3 Å². The molecule has 1 saturated heterocycles. The maximum Gasteiger partial charge on any atom is 0.255 e. The van der Waals surface area contributed by atoms with Crippen LogP contribution < -0.4 is 4.74 Å². The molecule has 0 aliphatic carbocycles. The SMILES string of the molecule is COc1ccc([C@@H]2c3ccsc3CCN2CC(=O)N2CCN(C(=O)c3ccc(Cl)cc3Cl)[C@@H](C)C2)cc1. The van der Waals surface area contributed by atoms with E-state index in [0.29, 0.717) is 41.8 Å². The Bertz CT molecular complexity index is 1300. The number of carbonyl (C=O) groups excluding carboxylic acids is 2. The van der Waals surface area contributed by atoms with Crippen molar-refractivity contribution in [1.82, 2.24) is 14.7 Å². The van der Waals surface area contributed by atoms with Crippen molar-refractivity contribution in [1.29, 1.82) is 0 Å². The predicted octanol–water partition coefficient (Wildman–Crippen LogP) is 5.38. The number of nitrogens with zero attached hydrogens (tertiary/aromatic N) is 3. The lowest BCUT2D eigenvalue weighted by atomic mass is 9.93. The molecule has 0 radical (unpaired) electrons. The highest BCUT2D eigenvalue weighted by molar-refractivity contribution is 7.10. The Labute approximate surface area is 231 Å². The number of piperazine rings is 1. The van der Waals surface area contributed by atoms with E-state index in [1.807, 2.05) is 24.0 Å². The first-order valence-corrected chi connectivity index (χ1v) is 14.0. The van der Waals surface area contributed by atoms with Gasteiger partial charge in [0.1, 0.15) is 5.75 Å². The number of methoxy groups -OCH3 is 1. The number of hydrogen-bond donors (Lipinski definition) is 0. The van der Waals surface area contributed by atoms with Crippen LogP contribution in [0.5, 0.6) is 5.75 Å². The second-order valence-corrected chi connectivity index (χ2v) is 11.4. The number of halogens is 2. The van der Waals surface area contributed by atoms with E-state index in [0.717, 1.165) is 24.3 Å². The van der Waals surface area contributed by atoms with E-state index < -0.39 is 0 Å². The highest BCUT2D eigenvalue weighted by Crippen LogP contribution is 2.38. The van der Waals surface area contributed by atoms with Crippen LogP contribution in [0, 0.1) is 0 Å². The van der Waals surface area contributed by atoms with E-state index >= 15 is 0 Å².